The van der Waals surface area contributed by atoms with Crippen molar-refractivity contribution in [3.05, 3.63) is 29.6 Å². The summed E-state index contributed by atoms with van der Waals surface area (Å²) in [6, 6.07) is 5.85. The minimum Gasteiger partial charge on any atom is -0.389 e. The van der Waals surface area contributed by atoms with Crippen LogP contribution in [0.2, 0.25) is 0 Å². The largest absolute Gasteiger partial charge is 0.389 e. The highest BCUT2D eigenvalue weighted by atomic mass is 19.1. The second-order valence-corrected chi connectivity index (χ2v) is 6.31. The summed E-state index contributed by atoms with van der Waals surface area (Å²) in [5, 5.41) is 9.86. The van der Waals surface area contributed by atoms with E-state index in [2.05, 4.69) is 9.80 Å². The van der Waals surface area contributed by atoms with E-state index in [1.54, 1.807) is 13.0 Å². The van der Waals surface area contributed by atoms with E-state index in [1.165, 1.54) is 31.7 Å². The molecule has 0 aromatic heterocycles. The molecule has 3 nitrogen and oxygen atoms in total. The van der Waals surface area contributed by atoms with Gasteiger partial charge in [0.2, 0.25) is 0 Å². The molecule has 1 N–H and O–H groups in total. The highest BCUT2D eigenvalue weighted by molar-refractivity contribution is 5.55. The molecule has 4 heteroatoms. The molecule has 0 spiro atoms. The summed E-state index contributed by atoms with van der Waals surface area (Å²) in [7, 11) is 0. The Morgan fingerprint density at radius 2 is 1.81 bits per heavy atom. The lowest BCUT2D eigenvalue weighted by molar-refractivity contribution is 0.183. The maximum atomic E-state index is 14.0. The molecule has 1 saturated carbocycles. The minimum atomic E-state index is -0.769. The van der Waals surface area contributed by atoms with Crippen LogP contribution in [-0.4, -0.2) is 42.2 Å². The van der Waals surface area contributed by atoms with Crippen LogP contribution in [0.5, 0.6) is 0 Å². The number of piperazine rings is 1. The molecule has 2 aliphatic rings. The number of halogens is 1. The van der Waals surface area contributed by atoms with Gasteiger partial charge in [-0.05, 0) is 31.9 Å². The van der Waals surface area contributed by atoms with Gasteiger partial charge in [0.25, 0.3) is 0 Å². The van der Waals surface area contributed by atoms with Crippen LogP contribution in [0.15, 0.2) is 18.2 Å². The van der Waals surface area contributed by atoms with Crippen LogP contribution in [0.1, 0.15) is 44.3 Å². The summed E-state index contributed by atoms with van der Waals surface area (Å²) in [4.78, 5) is 4.81. The molecule has 1 aromatic rings. The number of hydrogen-bond acceptors (Lipinski definition) is 3. The van der Waals surface area contributed by atoms with Crippen molar-refractivity contribution in [2.45, 2.75) is 44.8 Å². The summed E-state index contributed by atoms with van der Waals surface area (Å²) < 4.78 is 14.0. The number of anilines is 1. The van der Waals surface area contributed by atoms with Crippen molar-refractivity contribution in [2.75, 3.05) is 31.1 Å². The van der Waals surface area contributed by atoms with E-state index >= 15 is 0 Å². The molecule has 2 fully saturated rings. The van der Waals surface area contributed by atoms with Crippen LogP contribution < -0.4 is 4.90 Å². The third-order valence-corrected chi connectivity index (χ3v) is 4.94. The fourth-order valence-corrected chi connectivity index (χ4v) is 3.81. The van der Waals surface area contributed by atoms with E-state index < -0.39 is 6.10 Å². The molecule has 3 rings (SSSR count). The molecule has 116 valence electrons. The Morgan fingerprint density at radius 3 is 2.43 bits per heavy atom. The molecular formula is C17H25FN2O. The van der Waals surface area contributed by atoms with Gasteiger partial charge in [-0.2, -0.15) is 0 Å². The monoisotopic (exact) mass is 292 g/mol. The first-order valence-electron chi connectivity index (χ1n) is 8.12. The zero-order valence-corrected chi connectivity index (χ0v) is 12.8. The average Bonchev–Trinajstić information content (AvgIpc) is 3.01. The molecule has 1 unspecified atom stereocenters. The first kappa shape index (κ1) is 14.8. The topological polar surface area (TPSA) is 26.7 Å². The van der Waals surface area contributed by atoms with Gasteiger partial charge in [0.15, 0.2) is 0 Å². The van der Waals surface area contributed by atoms with Crippen LogP contribution in [0.4, 0.5) is 10.1 Å². The van der Waals surface area contributed by atoms with Crippen LogP contribution in [0.25, 0.3) is 0 Å². The molecular weight excluding hydrogens is 267 g/mol. The lowest BCUT2D eigenvalue weighted by Crippen LogP contribution is -2.50. The smallest absolute Gasteiger partial charge is 0.131 e. The van der Waals surface area contributed by atoms with E-state index in [4.69, 9.17) is 0 Å². The summed E-state index contributed by atoms with van der Waals surface area (Å²) in [5.41, 5.74) is 1.29. The third-order valence-electron chi connectivity index (χ3n) is 4.94. The van der Waals surface area contributed by atoms with Gasteiger partial charge in [0, 0.05) is 43.5 Å². The first-order chi connectivity index (χ1) is 10.2. The Morgan fingerprint density at radius 1 is 1.14 bits per heavy atom. The van der Waals surface area contributed by atoms with Gasteiger partial charge in [-0.15, -0.1) is 0 Å². The van der Waals surface area contributed by atoms with Crippen molar-refractivity contribution in [3.63, 3.8) is 0 Å². The minimum absolute atomic E-state index is 0.305. The van der Waals surface area contributed by atoms with Crippen LogP contribution >= 0.6 is 0 Å². The molecule has 1 heterocycles. The van der Waals surface area contributed by atoms with Crippen molar-refractivity contribution in [1.29, 1.82) is 0 Å². The number of rotatable bonds is 3. The maximum Gasteiger partial charge on any atom is 0.131 e. The fraction of sp³-hybridized carbons (Fsp3) is 0.647. The number of hydrogen-bond donors (Lipinski definition) is 1. The van der Waals surface area contributed by atoms with E-state index in [0.717, 1.165) is 37.9 Å². The van der Waals surface area contributed by atoms with Gasteiger partial charge < -0.3 is 10.0 Å². The van der Waals surface area contributed by atoms with E-state index in [-0.39, 0.29) is 5.82 Å². The molecule has 21 heavy (non-hydrogen) atoms. The van der Waals surface area contributed by atoms with Crippen LogP contribution in [-0.2, 0) is 0 Å². The fourth-order valence-electron chi connectivity index (χ4n) is 3.81. The highest BCUT2D eigenvalue weighted by Gasteiger charge is 2.27. The zero-order valence-electron chi connectivity index (χ0n) is 12.8. The Balaban J connectivity index is 1.70. The normalized spacial score (nSPS) is 22.7. The van der Waals surface area contributed by atoms with Crippen molar-refractivity contribution >= 4 is 5.69 Å². The first-order valence-corrected chi connectivity index (χ1v) is 8.12. The van der Waals surface area contributed by atoms with Gasteiger partial charge in [-0.1, -0.05) is 18.9 Å². The zero-order chi connectivity index (χ0) is 14.8. The van der Waals surface area contributed by atoms with E-state index in [0.29, 0.717) is 5.56 Å². The van der Waals surface area contributed by atoms with E-state index in [1.807, 2.05) is 6.07 Å². The van der Waals surface area contributed by atoms with Gasteiger partial charge >= 0.3 is 0 Å². The van der Waals surface area contributed by atoms with Crippen molar-refractivity contribution < 1.29 is 9.50 Å². The van der Waals surface area contributed by atoms with Gasteiger partial charge in [-0.25, -0.2) is 4.39 Å². The number of nitrogens with zero attached hydrogens (tertiary/aromatic N) is 2. The number of benzene rings is 1. The molecule has 1 aromatic carbocycles. The average molecular weight is 292 g/mol. The summed E-state index contributed by atoms with van der Waals surface area (Å²) in [5.74, 6) is -0.305. The second-order valence-electron chi connectivity index (χ2n) is 6.31. The van der Waals surface area contributed by atoms with Crippen molar-refractivity contribution in [2.24, 2.45) is 0 Å². The Hall–Kier alpha value is -1.13. The Kier molecular flexibility index (Phi) is 4.45. The molecule has 1 aliphatic carbocycles. The number of aliphatic hydroxyl groups excluding tert-OH is 1. The summed E-state index contributed by atoms with van der Waals surface area (Å²) in [6.45, 7) is 5.55. The highest BCUT2D eigenvalue weighted by Crippen LogP contribution is 2.31. The van der Waals surface area contributed by atoms with Crippen LogP contribution in [0.3, 0.4) is 0 Å². The Labute approximate surface area is 126 Å². The van der Waals surface area contributed by atoms with E-state index in [9.17, 15) is 9.50 Å². The molecule has 1 atom stereocenters. The predicted octanol–water partition coefficient (Wildman–Crippen LogP) is 2.94. The van der Waals surface area contributed by atoms with Gasteiger partial charge in [-0.3, -0.25) is 4.90 Å². The molecule has 1 aliphatic heterocycles. The lowest BCUT2D eigenvalue weighted by Gasteiger charge is -2.40. The SMILES string of the molecule is CC(O)c1c(F)cccc1N1CCN(C2CCCC2)CC1. The molecule has 0 bridgehead atoms. The summed E-state index contributed by atoms with van der Waals surface area (Å²) in [6.07, 6.45) is 4.62. The standard InChI is InChI=1S/C17H25FN2O/c1-13(21)17-15(18)7-4-8-16(17)20-11-9-19(10-12-20)14-5-2-3-6-14/h4,7-8,13-14,21H,2-3,5-6,9-12H2,1H3. The second kappa shape index (κ2) is 6.32. The molecule has 0 amide bonds. The predicted molar refractivity (Wildman–Crippen MR) is 83.1 cm³/mol. The third kappa shape index (κ3) is 3.06. The summed E-state index contributed by atoms with van der Waals surface area (Å²) >= 11 is 0. The number of aliphatic hydroxyl groups is 1. The van der Waals surface area contributed by atoms with Crippen molar-refractivity contribution in [1.82, 2.24) is 4.90 Å². The quantitative estimate of drug-likeness (QED) is 0.928. The molecule has 0 radical (unpaired) electrons. The Bertz CT molecular complexity index is 478. The van der Waals surface area contributed by atoms with Crippen molar-refractivity contribution in [3.8, 4) is 0 Å². The lowest BCUT2D eigenvalue weighted by atomic mass is 10.1. The molecule has 1 saturated heterocycles. The van der Waals surface area contributed by atoms with Gasteiger partial charge in [0.05, 0.1) is 6.10 Å². The van der Waals surface area contributed by atoms with Crippen LogP contribution in [0, 0.1) is 5.82 Å². The van der Waals surface area contributed by atoms with Gasteiger partial charge in [0.1, 0.15) is 5.82 Å². The maximum absolute atomic E-state index is 14.0.